The van der Waals surface area contributed by atoms with Crippen LogP contribution in [0.5, 0.6) is 5.88 Å². The van der Waals surface area contributed by atoms with Crippen molar-refractivity contribution < 1.29 is 4.74 Å². The third-order valence-electron chi connectivity index (χ3n) is 2.53. The lowest BCUT2D eigenvalue weighted by Crippen LogP contribution is -2.00. The van der Waals surface area contributed by atoms with Crippen molar-refractivity contribution in [2.45, 2.75) is 6.54 Å². The van der Waals surface area contributed by atoms with Gasteiger partial charge in [-0.1, -0.05) is 12.1 Å². The molecule has 0 unspecified atom stereocenters. The second kappa shape index (κ2) is 5.69. The van der Waals surface area contributed by atoms with Crippen LogP contribution in [0.2, 0.25) is 0 Å². The summed E-state index contributed by atoms with van der Waals surface area (Å²) in [5, 5.41) is 11.9. The fourth-order valence-corrected chi connectivity index (χ4v) is 1.51. The Kier molecular flexibility index (Phi) is 3.77. The van der Waals surface area contributed by atoms with E-state index in [1.807, 2.05) is 30.3 Å². The third kappa shape index (κ3) is 2.98. The zero-order valence-corrected chi connectivity index (χ0v) is 10.1. The topological polar surface area (TPSA) is 57.9 Å². The van der Waals surface area contributed by atoms with Gasteiger partial charge in [-0.05, 0) is 23.8 Å². The molecule has 0 saturated heterocycles. The van der Waals surface area contributed by atoms with Crippen LogP contribution >= 0.6 is 0 Å². The number of nitrogens with zero attached hydrogens (tertiary/aromatic N) is 2. The van der Waals surface area contributed by atoms with Gasteiger partial charge in [-0.25, -0.2) is 4.98 Å². The Balaban J connectivity index is 1.95. The van der Waals surface area contributed by atoms with Gasteiger partial charge in [-0.3, -0.25) is 0 Å². The number of nitriles is 1. The molecule has 1 aromatic heterocycles. The molecule has 4 heteroatoms. The number of pyridine rings is 1. The van der Waals surface area contributed by atoms with Crippen LogP contribution in [0, 0.1) is 11.3 Å². The van der Waals surface area contributed by atoms with E-state index >= 15 is 0 Å². The molecule has 0 radical (unpaired) electrons. The zero-order valence-electron chi connectivity index (χ0n) is 10.1. The number of anilines is 1. The summed E-state index contributed by atoms with van der Waals surface area (Å²) in [6.45, 7) is 0.694. The van der Waals surface area contributed by atoms with Gasteiger partial charge >= 0.3 is 0 Å². The summed E-state index contributed by atoms with van der Waals surface area (Å²) in [4.78, 5) is 4.11. The average molecular weight is 239 g/mol. The lowest BCUT2D eigenvalue weighted by molar-refractivity contribution is 0.398. The van der Waals surface area contributed by atoms with Gasteiger partial charge in [0.2, 0.25) is 5.88 Å². The molecule has 4 nitrogen and oxygen atoms in total. The molecule has 2 aromatic rings. The first-order valence-corrected chi connectivity index (χ1v) is 5.55. The maximum Gasteiger partial charge on any atom is 0.213 e. The van der Waals surface area contributed by atoms with Gasteiger partial charge in [0.15, 0.2) is 0 Å². The van der Waals surface area contributed by atoms with Gasteiger partial charge in [0.25, 0.3) is 0 Å². The van der Waals surface area contributed by atoms with Crippen LogP contribution in [0.4, 0.5) is 5.69 Å². The minimum Gasteiger partial charge on any atom is -0.481 e. The number of nitrogens with one attached hydrogen (secondary N) is 1. The summed E-state index contributed by atoms with van der Waals surface area (Å²) in [5.74, 6) is 0.596. The van der Waals surface area contributed by atoms with E-state index in [0.717, 1.165) is 11.3 Å². The summed E-state index contributed by atoms with van der Waals surface area (Å²) in [5.41, 5.74) is 2.72. The second-order valence-corrected chi connectivity index (χ2v) is 3.75. The van der Waals surface area contributed by atoms with Crippen LogP contribution in [0.15, 0.2) is 42.6 Å². The van der Waals surface area contributed by atoms with Crippen molar-refractivity contribution in [3.63, 3.8) is 0 Å². The molecule has 0 amide bonds. The normalized spacial score (nSPS) is 9.56. The van der Waals surface area contributed by atoms with Crippen molar-refractivity contribution in [2.24, 2.45) is 0 Å². The Morgan fingerprint density at radius 2 is 2.00 bits per heavy atom. The quantitative estimate of drug-likeness (QED) is 0.890. The second-order valence-electron chi connectivity index (χ2n) is 3.75. The van der Waals surface area contributed by atoms with Crippen molar-refractivity contribution in [2.75, 3.05) is 12.4 Å². The van der Waals surface area contributed by atoms with Gasteiger partial charge in [0, 0.05) is 12.6 Å². The number of methoxy groups -OCH3 is 1. The van der Waals surface area contributed by atoms with Gasteiger partial charge in [-0.2, -0.15) is 5.26 Å². The number of hydrogen-bond acceptors (Lipinski definition) is 4. The highest BCUT2D eigenvalue weighted by Gasteiger charge is 1.96. The first kappa shape index (κ1) is 11.9. The standard InChI is InChI=1S/C14H13N3O/c1-18-14-7-6-13(10-17-14)16-9-12-4-2-11(8-15)3-5-12/h2-7,10,16H,9H2,1H3. The molecule has 0 aliphatic rings. The zero-order chi connectivity index (χ0) is 12.8. The smallest absolute Gasteiger partial charge is 0.213 e. The number of rotatable bonds is 4. The van der Waals surface area contributed by atoms with Crippen molar-refractivity contribution >= 4 is 5.69 Å². The molecule has 2 rings (SSSR count). The Labute approximate surface area is 106 Å². The number of ether oxygens (including phenoxy) is 1. The Morgan fingerprint density at radius 3 is 2.56 bits per heavy atom. The van der Waals surface area contributed by atoms with E-state index < -0.39 is 0 Å². The molecule has 0 aliphatic carbocycles. The van der Waals surface area contributed by atoms with E-state index in [1.165, 1.54) is 0 Å². The third-order valence-corrected chi connectivity index (χ3v) is 2.53. The number of benzene rings is 1. The molecule has 18 heavy (non-hydrogen) atoms. The highest BCUT2D eigenvalue weighted by Crippen LogP contribution is 2.12. The maximum atomic E-state index is 8.70. The molecular formula is C14H13N3O. The highest BCUT2D eigenvalue weighted by atomic mass is 16.5. The van der Waals surface area contributed by atoms with Crippen LogP contribution in [0.1, 0.15) is 11.1 Å². The Bertz CT molecular complexity index is 541. The summed E-state index contributed by atoms with van der Waals surface area (Å²) in [6, 6.07) is 13.3. The predicted molar refractivity (Wildman–Crippen MR) is 69.3 cm³/mol. The summed E-state index contributed by atoms with van der Waals surface area (Å²) < 4.78 is 4.99. The van der Waals surface area contributed by atoms with E-state index in [1.54, 1.807) is 19.4 Å². The summed E-state index contributed by atoms with van der Waals surface area (Å²) in [7, 11) is 1.59. The SMILES string of the molecule is COc1ccc(NCc2ccc(C#N)cc2)cn1. The lowest BCUT2D eigenvalue weighted by atomic mass is 10.1. The number of aromatic nitrogens is 1. The van der Waals surface area contributed by atoms with Gasteiger partial charge in [-0.15, -0.1) is 0 Å². The number of hydrogen-bond donors (Lipinski definition) is 1. The van der Waals surface area contributed by atoms with Crippen LogP contribution in [-0.4, -0.2) is 12.1 Å². The fourth-order valence-electron chi connectivity index (χ4n) is 1.51. The van der Waals surface area contributed by atoms with E-state index in [0.29, 0.717) is 18.0 Å². The van der Waals surface area contributed by atoms with Gasteiger partial charge in [0.1, 0.15) is 0 Å². The van der Waals surface area contributed by atoms with Crippen molar-refractivity contribution in [3.8, 4) is 11.9 Å². The summed E-state index contributed by atoms with van der Waals surface area (Å²) >= 11 is 0. The molecular weight excluding hydrogens is 226 g/mol. The average Bonchev–Trinajstić information content (AvgIpc) is 2.46. The largest absolute Gasteiger partial charge is 0.481 e. The van der Waals surface area contributed by atoms with Crippen molar-refractivity contribution in [1.82, 2.24) is 4.98 Å². The molecule has 0 aliphatic heterocycles. The maximum absolute atomic E-state index is 8.70. The van der Waals surface area contributed by atoms with Crippen LogP contribution in [-0.2, 0) is 6.54 Å². The Morgan fingerprint density at radius 1 is 1.22 bits per heavy atom. The van der Waals surface area contributed by atoms with E-state index in [2.05, 4.69) is 16.4 Å². The molecule has 0 atom stereocenters. The minimum atomic E-state index is 0.596. The van der Waals surface area contributed by atoms with E-state index in [9.17, 15) is 0 Å². The molecule has 0 fully saturated rings. The fraction of sp³-hybridized carbons (Fsp3) is 0.143. The van der Waals surface area contributed by atoms with Crippen LogP contribution < -0.4 is 10.1 Å². The molecule has 0 spiro atoms. The molecule has 1 heterocycles. The minimum absolute atomic E-state index is 0.596. The first-order valence-electron chi connectivity index (χ1n) is 5.55. The van der Waals surface area contributed by atoms with Gasteiger partial charge < -0.3 is 10.1 Å². The molecule has 90 valence electrons. The van der Waals surface area contributed by atoms with Crippen molar-refractivity contribution in [1.29, 1.82) is 5.26 Å². The predicted octanol–water partition coefficient (Wildman–Crippen LogP) is 2.57. The molecule has 1 N–H and O–H groups in total. The molecule has 0 bridgehead atoms. The van der Waals surface area contributed by atoms with Crippen LogP contribution in [0.3, 0.4) is 0 Å². The highest BCUT2D eigenvalue weighted by molar-refractivity contribution is 5.43. The van der Waals surface area contributed by atoms with Gasteiger partial charge in [0.05, 0.1) is 30.6 Å². The summed E-state index contributed by atoms with van der Waals surface area (Å²) in [6.07, 6.45) is 1.72. The molecule has 1 aromatic carbocycles. The van der Waals surface area contributed by atoms with Crippen LogP contribution in [0.25, 0.3) is 0 Å². The van der Waals surface area contributed by atoms with E-state index in [4.69, 9.17) is 10.00 Å². The Hall–Kier alpha value is -2.54. The monoisotopic (exact) mass is 239 g/mol. The lowest BCUT2D eigenvalue weighted by Gasteiger charge is -2.06. The molecule has 0 saturated carbocycles. The first-order chi connectivity index (χ1) is 8.81. The van der Waals surface area contributed by atoms with E-state index in [-0.39, 0.29) is 0 Å². The van der Waals surface area contributed by atoms with Crippen molar-refractivity contribution in [3.05, 3.63) is 53.7 Å².